The van der Waals surface area contributed by atoms with Crippen LogP contribution in [0, 0.1) is 0 Å². The minimum atomic E-state index is -0.273. The number of urea groups is 1. The Bertz CT molecular complexity index is 971. The van der Waals surface area contributed by atoms with Gasteiger partial charge in [0.15, 0.2) is 0 Å². The maximum Gasteiger partial charge on any atom is 0.319 e. The van der Waals surface area contributed by atoms with E-state index in [1.54, 1.807) is 12.5 Å². The van der Waals surface area contributed by atoms with Crippen LogP contribution in [0.2, 0.25) is 0 Å². The van der Waals surface area contributed by atoms with Gasteiger partial charge in [0.25, 0.3) is 0 Å². The summed E-state index contributed by atoms with van der Waals surface area (Å²) in [6.45, 7) is 4.18. The highest BCUT2D eigenvalue weighted by Crippen LogP contribution is 2.18. The number of pyridine rings is 1. The van der Waals surface area contributed by atoms with E-state index >= 15 is 0 Å². The van der Waals surface area contributed by atoms with Crippen LogP contribution in [0.5, 0.6) is 0 Å². The molecule has 1 aromatic carbocycles. The fraction of sp³-hybridized carbons (Fsp3) is 0.304. The molecule has 1 aliphatic rings. The summed E-state index contributed by atoms with van der Waals surface area (Å²) in [6.07, 6.45) is 3.39. The average Bonchev–Trinajstić information content (AvgIpc) is 3.32. The van der Waals surface area contributed by atoms with Gasteiger partial charge in [-0.25, -0.2) is 9.78 Å². The molecule has 0 aliphatic carbocycles. The molecule has 2 N–H and O–H groups in total. The van der Waals surface area contributed by atoms with Crippen LogP contribution in [0.4, 0.5) is 16.3 Å². The van der Waals surface area contributed by atoms with Gasteiger partial charge in [-0.2, -0.15) is 0 Å². The molecule has 162 valence electrons. The van der Waals surface area contributed by atoms with E-state index in [1.165, 1.54) is 0 Å². The van der Waals surface area contributed by atoms with Crippen molar-refractivity contribution in [2.24, 2.45) is 0 Å². The number of benzene rings is 1. The van der Waals surface area contributed by atoms with Crippen molar-refractivity contribution in [3.63, 3.8) is 0 Å². The van der Waals surface area contributed by atoms with E-state index in [4.69, 9.17) is 13.9 Å². The van der Waals surface area contributed by atoms with Crippen LogP contribution in [-0.2, 0) is 29.2 Å². The molecule has 0 radical (unpaired) electrons. The number of hydrogen-bond donors (Lipinski definition) is 2. The molecule has 3 heterocycles. The second-order valence-corrected chi connectivity index (χ2v) is 7.17. The monoisotopic (exact) mass is 422 g/mol. The molecule has 0 spiro atoms. The highest BCUT2D eigenvalue weighted by atomic mass is 16.5. The van der Waals surface area contributed by atoms with Crippen LogP contribution >= 0.6 is 0 Å². The Morgan fingerprint density at radius 2 is 2.00 bits per heavy atom. The van der Waals surface area contributed by atoms with Gasteiger partial charge in [0.05, 0.1) is 26.1 Å². The van der Waals surface area contributed by atoms with E-state index < -0.39 is 0 Å². The lowest BCUT2D eigenvalue weighted by molar-refractivity contribution is 0.0930. The van der Waals surface area contributed by atoms with E-state index in [0.29, 0.717) is 38.7 Å². The van der Waals surface area contributed by atoms with Crippen molar-refractivity contribution in [2.45, 2.75) is 19.8 Å². The number of hydrogen-bond acceptors (Lipinski definition) is 6. The largest absolute Gasteiger partial charge is 0.467 e. The molecule has 0 atom stereocenters. The molecule has 0 saturated carbocycles. The van der Waals surface area contributed by atoms with Crippen LogP contribution in [-0.4, -0.2) is 37.3 Å². The molecule has 0 bridgehead atoms. The second kappa shape index (κ2) is 10.6. The molecule has 1 aliphatic heterocycles. The number of amides is 2. The van der Waals surface area contributed by atoms with Crippen molar-refractivity contribution < 1.29 is 18.7 Å². The van der Waals surface area contributed by atoms with E-state index in [1.807, 2.05) is 48.5 Å². The fourth-order valence-corrected chi connectivity index (χ4v) is 3.38. The second-order valence-electron chi connectivity index (χ2n) is 7.17. The lowest BCUT2D eigenvalue weighted by Gasteiger charge is -2.29. The highest BCUT2D eigenvalue weighted by Gasteiger charge is 2.16. The first-order valence-corrected chi connectivity index (χ1v) is 10.3. The number of nitrogens with one attached hydrogen (secondary N) is 2. The molecule has 2 aromatic heterocycles. The predicted octanol–water partition coefficient (Wildman–Crippen LogP) is 3.55. The summed E-state index contributed by atoms with van der Waals surface area (Å²) in [7, 11) is 0. The maximum absolute atomic E-state index is 12.4. The topological polar surface area (TPSA) is 88.9 Å². The first kappa shape index (κ1) is 20.9. The van der Waals surface area contributed by atoms with E-state index in [2.05, 4.69) is 20.5 Å². The molecule has 31 heavy (non-hydrogen) atoms. The summed E-state index contributed by atoms with van der Waals surface area (Å²) in [5.41, 5.74) is 2.64. The number of morpholine rings is 1. The molecule has 1 saturated heterocycles. The van der Waals surface area contributed by atoms with Gasteiger partial charge in [-0.05, 0) is 35.9 Å². The average molecular weight is 422 g/mol. The molecule has 0 unspecified atom stereocenters. The number of ether oxygens (including phenoxy) is 2. The number of furan rings is 1. The lowest BCUT2D eigenvalue weighted by Crippen LogP contribution is -2.38. The smallest absolute Gasteiger partial charge is 0.319 e. The van der Waals surface area contributed by atoms with Gasteiger partial charge < -0.3 is 29.4 Å². The van der Waals surface area contributed by atoms with E-state index in [-0.39, 0.29) is 6.03 Å². The lowest BCUT2D eigenvalue weighted by atomic mass is 10.2. The van der Waals surface area contributed by atoms with Gasteiger partial charge in [0.1, 0.15) is 18.2 Å². The summed E-state index contributed by atoms with van der Waals surface area (Å²) >= 11 is 0. The van der Waals surface area contributed by atoms with Gasteiger partial charge in [0, 0.05) is 37.1 Å². The van der Waals surface area contributed by atoms with Gasteiger partial charge in [-0.1, -0.05) is 18.2 Å². The molecule has 8 nitrogen and oxygen atoms in total. The van der Waals surface area contributed by atoms with Crippen molar-refractivity contribution in [1.82, 2.24) is 10.3 Å². The van der Waals surface area contributed by atoms with Gasteiger partial charge in [-0.15, -0.1) is 0 Å². The number of aromatic nitrogens is 1. The Morgan fingerprint density at radius 3 is 2.84 bits per heavy atom. The molecule has 1 fully saturated rings. The Balaban J connectivity index is 1.28. The zero-order valence-corrected chi connectivity index (χ0v) is 17.3. The third kappa shape index (κ3) is 6.07. The highest BCUT2D eigenvalue weighted by molar-refractivity contribution is 5.89. The normalized spacial score (nSPS) is 13.7. The summed E-state index contributed by atoms with van der Waals surface area (Å²) in [6, 6.07) is 14.9. The van der Waals surface area contributed by atoms with Crippen molar-refractivity contribution in [3.8, 4) is 0 Å². The summed E-state index contributed by atoms with van der Waals surface area (Å²) < 4.78 is 16.3. The van der Waals surface area contributed by atoms with Crippen LogP contribution in [0.15, 0.2) is 65.4 Å². The minimum absolute atomic E-state index is 0.273. The first-order chi connectivity index (χ1) is 15.3. The maximum atomic E-state index is 12.4. The summed E-state index contributed by atoms with van der Waals surface area (Å²) in [4.78, 5) is 19.1. The van der Waals surface area contributed by atoms with E-state index in [0.717, 1.165) is 35.8 Å². The summed E-state index contributed by atoms with van der Waals surface area (Å²) in [5, 5.41) is 5.79. The molecule has 4 rings (SSSR count). The van der Waals surface area contributed by atoms with Crippen molar-refractivity contribution in [2.75, 3.05) is 36.5 Å². The summed E-state index contributed by atoms with van der Waals surface area (Å²) in [5.74, 6) is 1.67. The third-order valence-electron chi connectivity index (χ3n) is 4.90. The Kier molecular flexibility index (Phi) is 7.15. The molecular formula is C23H26N4O4. The number of nitrogens with zero attached hydrogens (tertiary/aromatic N) is 2. The van der Waals surface area contributed by atoms with Crippen molar-refractivity contribution in [3.05, 3.63) is 77.9 Å². The van der Waals surface area contributed by atoms with Crippen LogP contribution < -0.4 is 15.5 Å². The number of carbonyl (C=O) groups is 1. The van der Waals surface area contributed by atoms with Gasteiger partial charge >= 0.3 is 6.03 Å². The number of rotatable bonds is 8. The van der Waals surface area contributed by atoms with E-state index in [9.17, 15) is 4.79 Å². The third-order valence-corrected chi connectivity index (χ3v) is 4.90. The van der Waals surface area contributed by atoms with Crippen LogP contribution in [0.3, 0.4) is 0 Å². The van der Waals surface area contributed by atoms with Gasteiger partial charge in [0.2, 0.25) is 0 Å². The molecular weight excluding hydrogens is 396 g/mol. The van der Waals surface area contributed by atoms with Crippen LogP contribution in [0.1, 0.15) is 16.9 Å². The molecule has 8 heteroatoms. The van der Waals surface area contributed by atoms with Crippen molar-refractivity contribution >= 4 is 17.5 Å². The Labute approximate surface area is 181 Å². The minimum Gasteiger partial charge on any atom is -0.467 e. The fourth-order valence-electron chi connectivity index (χ4n) is 3.38. The predicted molar refractivity (Wildman–Crippen MR) is 117 cm³/mol. The molecule has 2 amide bonds. The zero-order valence-electron chi connectivity index (χ0n) is 17.3. The first-order valence-electron chi connectivity index (χ1n) is 10.3. The number of carbonyl (C=O) groups excluding carboxylic acids is 1. The Hall–Kier alpha value is -3.36. The zero-order chi connectivity index (χ0) is 21.3. The molecule has 3 aromatic rings. The SMILES string of the molecule is O=C(NCc1cccnc1N1CCOCC1)Nc1cccc(COCc2ccco2)c1. The quantitative estimate of drug-likeness (QED) is 0.577. The Morgan fingerprint density at radius 1 is 1.10 bits per heavy atom. The van der Waals surface area contributed by atoms with Crippen LogP contribution in [0.25, 0.3) is 0 Å². The number of anilines is 2. The standard InChI is InChI=1S/C23H26N4O4/c28-23(25-15-19-5-2-8-24-22(19)27-9-12-29-13-10-27)26-20-6-1-4-18(14-20)16-30-17-21-7-3-11-31-21/h1-8,11,14H,9-10,12-13,15-17H2,(H2,25,26,28). The van der Waals surface area contributed by atoms with Gasteiger partial charge in [-0.3, -0.25) is 0 Å². The van der Waals surface area contributed by atoms with Crippen molar-refractivity contribution in [1.29, 1.82) is 0 Å².